The van der Waals surface area contributed by atoms with Gasteiger partial charge in [-0.05, 0) is 25.0 Å². The van der Waals surface area contributed by atoms with Crippen LogP contribution in [0.5, 0.6) is 11.5 Å². The summed E-state index contributed by atoms with van der Waals surface area (Å²) in [7, 11) is 1.57. The van der Waals surface area contributed by atoms with Gasteiger partial charge in [-0.15, -0.1) is 0 Å². The van der Waals surface area contributed by atoms with Gasteiger partial charge in [0.15, 0.2) is 0 Å². The SMILES string of the molecule is COc1cccc(OCC(O)CNC(=O)CN2CCCCC2=O)c1. The van der Waals surface area contributed by atoms with Crippen LogP contribution >= 0.6 is 0 Å². The normalized spacial score (nSPS) is 15.8. The molecule has 1 fully saturated rings. The van der Waals surface area contributed by atoms with Crippen molar-refractivity contribution in [2.24, 2.45) is 0 Å². The summed E-state index contributed by atoms with van der Waals surface area (Å²) in [4.78, 5) is 25.0. The van der Waals surface area contributed by atoms with Crippen molar-refractivity contribution in [2.75, 3.05) is 33.4 Å². The predicted molar refractivity (Wildman–Crippen MR) is 87.9 cm³/mol. The van der Waals surface area contributed by atoms with E-state index in [0.29, 0.717) is 24.5 Å². The number of aliphatic hydroxyl groups is 1. The molecule has 132 valence electrons. The number of carbonyl (C=O) groups is 2. The van der Waals surface area contributed by atoms with E-state index < -0.39 is 6.10 Å². The van der Waals surface area contributed by atoms with E-state index in [9.17, 15) is 14.7 Å². The number of benzene rings is 1. The van der Waals surface area contributed by atoms with E-state index in [0.717, 1.165) is 12.8 Å². The number of piperidine rings is 1. The van der Waals surface area contributed by atoms with E-state index in [1.807, 2.05) is 0 Å². The molecule has 0 bridgehead atoms. The number of likely N-dealkylation sites (tertiary alicyclic amines) is 1. The average Bonchev–Trinajstić information content (AvgIpc) is 2.60. The number of nitrogens with zero attached hydrogens (tertiary/aromatic N) is 1. The Balaban J connectivity index is 1.67. The smallest absolute Gasteiger partial charge is 0.239 e. The lowest BCUT2D eigenvalue weighted by Gasteiger charge is -2.26. The highest BCUT2D eigenvalue weighted by Gasteiger charge is 2.20. The summed E-state index contributed by atoms with van der Waals surface area (Å²) in [5.41, 5.74) is 0. The molecule has 7 nitrogen and oxygen atoms in total. The van der Waals surface area contributed by atoms with Gasteiger partial charge < -0.3 is 24.8 Å². The van der Waals surface area contributed by atoms with Crippen LogP contribution in [0, 0.1) is 0 Å². The van der Waals surface area contributed by atoms with Crippen LogP contribution in [-0.2, 0) is 9.59 Å². The molecule has 1 aromatic carbocycles. The molecule has 1 saturated heterocycles. The van der Waals surface area contributed by atoms with Crippen LogP contribution in [0.15, 0.2) is 24.3 Å². The number of nitrogens with one attached hydrogen (secondary N) is 1. The summed E-state index contributed by atoms with van der Waals surface area (Å²) >= 11 is 0. The molecule has 2 amide bonds. The molecule has 1 unspecified atom stereocenters. The second-order valence-corrected chi connectivity index (χ2v) is 5.72. The molecule has 0 aliphatic carbocycles. The Morgan fingerprint density at radius 1 is 1.38 bits per heavy atom. The lowest BCUT2D eigenvalue weighted by atomic mass is 10.1. The van der Waals surface area contributed by atoms with Gasteiger partial charge in [-0.2, -0.15) is 0 Å². The Labute approximate surface area is 141 Å². The molecule has 0 spiro atoms. The zero-order valence-corrected chi connectivity index (χ0v) is 13.9. The van der Waals surface area contributed by atoms with Crippen molar-refractivity contribution in [3.63, 3.8) is 0 Å². The summed E-state index contributed by atoms with van der Waals surface area (Å²) in [6.45, 7) is 0.789. The monoisotopic (exact) mass is 336 g/mol. The van der Waals surface area contributed by atoms with Crippen molar-refractivity contribution in [3.8, 4) is 11.5 Å². The summed E-state index contributed by atoms with van der Waals surface area (Å²) in [5, 5.41) is 12.5. The Morgan fingerprint density at radius 3 is 2.92 bits per heavy atom. The fourth-order valence-electron chi connectivity index (χ4n) is 2.43. The highest BCUT2D eigenvalue weighted by molar-refractivity contribution is 5.85. The molecule has 1 aromatic rings. The molecule has 0 saturated carbocycles. The number of hydrogen-bond donors (Lipinski definition) is 2. The van der Waals surface area contributed by atoms with Crippen molar-refractivity contribution < 1.29 is 24.2 Å². The Morgan fingerprint density at radius 2 is 2.17 bits per heavy atom. The second kappa shape index (κ2) is 9.12. The van der Waals surface area contributed by atoms with Crippen molar-refractivity contribution in [1.29, 1.82) is 0 Å². The Kier molecular flexibility index (Phi) is 6.87. The first-order valence-electron chi connectivity index (χ1n) is 8.08. The highest BCUT2D eigenvalue weighted by atomic mass is 16.5. The van der Waals surface area contributed by atoms with E-state index in [-0.39, 0.29) is 31.5 Å². The quantitative estimate of drug-likeness (QED) is 0.724. The van der Waals surface area contributed by atoms with E-state index in [2.05, 4.69) is 5.32 Å². The van der Waals surface area contributed by atoms with Crippen molar-refractivity contribution >= 4 is 11.8 Å². The topological polar surface area (TPSA) is 88.1 Å². The summed E-state index contributed by atoms with van der Waals surface area (Å²) in [6, 6.07) is 7.06. The lowest BCUT2D eigenvalue weighted by Crippen LogP contribution is -2.45. The fraction of sp³-hybridized carbons (Fsp3) is 0.529. The highest BCUT2D eigenvalue weighted by Crippen LogP contribution is 2.18. The predicted octanol–water partition coefficient (Wildman–Crippen LogP) is 0.564. The third-order valence-corrected chi connectivity index (χ3v) is 3.77. The van der Waals surface area contributed by atoms with E-state index >= 15 is 0 Å². The molecule has 24 heavy (non-hydrogen) atoms. The molecule has 0 aromatic heterocycles. The van der Waals surface area contributed by atoms with Gasteiger partial charge in [0.25, 0.3) is 0 Å². The van der Waals surface area contributed by atoms with Gasteiger partial charge in [0.2, 0.25) is 11.8 Å². The van der Waals surface area contributed by atoms with E-state index in [4.69, 9.17) is 9.47 Å². The molecule has 7 heteroatoms. The number of rotatable bonds is 8. The maximum atomic E-state index is 11.8. The molecular weight excluding hydrogens is 312 g/mol. The van der Waals surface area contributed by atoms with Crippen LogP contribution in [0.25, 0.3) is 0 Å². The molecule has 0 radical (unpaired) electrons. The largest absolute Gasteiger partial charge is 0.497 e. The number of hydrogen-bond acceptors (Lipinski definition) is 5. The van der Waals surface area contributed by atoms with Crippen molar-refractivity contribution in [3.05, 3.63) is 24.3 Å². The first kappa shape index (κ1) is 18.1. The summed E-state index contributed by atoms with van der Waals surface area (Å²) in [5.74, 6) is 0.990. The van der Waals surface area contributed by atoms with Gasteiger partial charge in [-0.1, -0.05) is 6.07 Å². The second-order valence-electron chi connectivity index (χ2n) is 5.72. The summed E-state index contributed by atoms with van der Waals surface area (Å²) < 4.78 is 10.6. The molecule has 2 N–H and O–H groups in total. The number of amides is 2. The average molecular weight is 336 g/mol. The fourth-order valence-corrected chi connectivity index (χ4v) is 2.43. The zero-order chi connectivity index (χ0) is 17.4. The molecular formula is C17H24N2O5. The van der Waals surface area contributed by atoms with Crippen LogP contribution in [0.2, 0.25) is 0 Å². The minimum Gasteiger partial charge on any atom is -0.497 e. The molecule has 2 rings (SSSR count). The maximum Gasteiger partial charge on any atom is 0.239 e. The molecule has 1 atom stereocenters. The summed E-state index contributed by atoms with van der Waals surface area (Å²) in [6.07, 6.45) is 1.48. The van der Waals surface area contributed by atoms with Gasteiger partial charge in [0.05, 0.1) is 13.7 Å². The van der Waals surface area contributed by atoms with Crippen LogP contribution in [0.3, 0.4) is 0 Å². The third kappa shape index (κ3) is 5.73. The van der Waals surface area contributed by atoms with Gasteiger partial charge in [-0.3, -0.25) is 9.59 Å². The number of aliphatic hydroxyl groups excluding tert-OH is 1. The van der Waals surface area contributed by atoms with Crippen LogP contribution in [-0.4, -0.2) is 61.3 Å². The van der Waals surface area contributed by atoms with Gasteiger partial charge in [-0.25, -0.2) is 0 Å². The van der Waals surface area contributed by atoms with Crippen molar-refractivity contribution in [1.82, 2.24) is 10.2 Å². The molecule has 1 aliphatic heterocycles. The minimum atomic E-state index is -0.836. The number of methoxy groups -OCH3 is 1. The van der Waals surface area contributed by atoms with E-state index in [1.165, 1.54) is 0 Å². The molecule has 1 heterocycles. The van der Waals surface area contributed by atoms with Gasteiger partial charge in [0.1, 0.15) is 24.2 Å². The van der Waals surface area contributed by atoms with Crippen LogP contribution in [0.4, 0.5) is 0 Å². The Hall–Kier alpha value is -2.28. The zero-order valence-electron chi connectivity index (χ0n) is 13.9. The lowest BCUT2D eigenvalue weighted by molar-refractivity contribution is -0.137. The number of ether oxygens (including phenoxy) is 2. The van der Waals surface area contributed by atoms with Gasteiger partial charge in [0, 0.05) is 25.6 Å². The van der Waals surface area contributed by atoms with E-state index in [1.54, 1.807) is 36.3 Å². The standard InChI is InChI=1S/C17H24N2O5/c1-23-14-5-4-6-15(9-14)24-12-13(20)10-18-16(21)11-19-8-3-2-7-17(19)22/h4-6,9,13,20H,2-3,7-8,10-12H2,1H3,(H,18,21). The minimum absolute atomic E-state index is 0.0123. The number of carbonyl (C=O) groups excluding carboxylic acids is 2. The third-order valence-electron chi connectivity index (χ3n) is 3.77. The van der Waals surface area contributed by atoms with Crippen molar-refractivity contribution in [2.45, 2.75) is 25.4 Å². The maximum absolute atomic E-state index is 11.8. The van der Waals surface area contributed by atoms with Gasteiger partial charge >= 0.3 is 0 Å². The molecule has 1 aliphatic rings. The first-order chi connectivity index (χ1) is 11.6. The van der Waals surface area contributed by atoms with Crippen LogP contribution < -0.4 is 14.8 Å². The first-order valence-corrected chi connectivity index (χ1v) is 8.08. The van der Waals surface area contributed by atoms with Crippen LogP contribution in [0.1, 0.15) is 19.3 Å². The Bertz CT molecular complexity index is 564.